The van der Waals surface area contributed by atoms with Gasteiger partial charge in [-0.25, -0.2) is 0 Å². The zero-order chi connectivity index (χ0) is 13.6. The summed E-state index contributed by atoms with van der Waals surface area (Å²) in [7, 11) is 0. The highest BCUT2D eigenvalue weighted by Crippen LogP contribution is 2.14. The third kappa shape index (κ3) is 5.97. The van der Waals surface area contributed by atoms with Gasteiger partial charge in [0.1, 0.15) is 12.4 Å². The van der Waals surface area contributed by atoms with E-state index in [4.69, 9.17) is 14.3 Å². The lowest BCUT2D eigenvalue weighted by atomic mass is 10.1. The van der Waals surface area contributed by atoms with E-state index in [2.05, 4.69) is 21.2 Å². The second kappa shape index (κ2) is 7.25. The minimum absolute atomic E-state index is 0.0149. The maximum absolute atomic E-state index is 9.68. The molecule has 0 aliphatic carbocycles. The number of furan rings is 1. The fourth-order valence-corrected chi connectivity index (χ4v) is 1.57. The number of halogens is 1. The van der Waals surface area contributed by atoms with Crippen molar-refractivity contribution >= 4 is 15.9 Å². The van der Waals surface area contributed by atoms with Crippen molar-refractivity contribution in [2.45, 2.75) is 32.1 Å². The molecule has 1 aromatic rings. The van der Waals surface area contributed by atoms with Crippen LogP contribution in [-0.2, 0) is 11.3 Å². The molecule has 0 amide bonds. The lowest BCUT2D eigenvalue weighted by Crippen LogP contribution is -2.46. The van der Waals surface area contributed by atoms with Gasteiger partial charge in [0.25, 0.3) is 0 Å². The van der Waals surface area contributed by atoms with E-state index in [0.717, 1.165) is 0 Å². The molecule has 0 aliphatic heterocycles. The van der Waals surface area contributed by atoms with Crippen LogP contribution >= 0.6 is 15.9 Å². The van der Waals surface area contributed by atoms with Crippen LogP contribution in [0.3, 0.4) is 0 Å². The predicted molar refractivity (Wildman–Crippen MR) is 71.2 cm³/mol. The summed E-state index contributed by atoms with van der Waals surface area (Å²) in [5.41, 5.74) is -0.396. The van der Waals surface area contributed by atoms with E-state index in [1.807, 2.05) is 19.9 Å². The van der Waals surface area contributed by atoms with E-state index in [9.17, 15) is 5.11 Å². The first-order valence-corrected chi connectivity index (χ1v) is 6.58. The molecule has 0 saturated carbocycles. The van der Waals surface area contributed by atoms with Crippen molar-refractivity contribution in [2.75, 3.05) is 19.8 Å². The lowest BCUT2D eigenvalue weighted by Gasteiger charge is -2.25. The van der Waals surface area contributed by atoms with Gasteiger partial charge in [-0.1, -0.05) is 0 Å². The van der Waals surface area contributed by atoms with Gasteiger partial charge >= 0.3 is 0 Å². The summed E-state index contributed by atoms with van der Waals surface area (Å²) in [6.45, 7) is 4.65. The van der Waals surface area contributed by atoms with Crippen molar-refractivity contribution in [1.29, 1.82) is 0 Å². The number of β-amino-alcohol motifs (C(OH)–C–C–N with tert-alkyl or cyclic N) is 1. The van der Waals surface area contributed by atoms with Crippen LogP contribution in [0.5, 0.6) is 0 Å². The number of ether oxygens (including phenoxy) is 1. The molecule has 1 atom stereocenters. The Hall–Kier alpha value is -0.400. The van der Waals surface area contributed by atoms with Gasteiger partial charge < -0.3 is 24.7 Å². The van der Waals surface area contributed by atoms with Gasteiger partial charge in [-0.15, -0.1) is 0 Å². The minimum Gasteiger partial charge on any atom is -0.452 e. The highest BCUT2D eigenvalue weighted by atomic mass is 79.9. The molecule has 1 rings (SSSR count). The van der Waals surface area contributed by atoms with Crippen LogP contribution in [0.15, 0.2) is 21.2 Å². The molecule has 0 bridgehead atoms. The van der Waals surface area contributed by atoms with Crippen LogP contribution in [0, 0.1) is 0 Å². The number of aliphatic hydroxyl groups is 2. The topological polar surface area (TPSA) is 74.9 Å². The van der Waals surface area contributed by atoms with Crippen molar-refractivity contribution in [1.82, 2.24) is 5.32 Å². The van der Waals surface area contributed by atoms with E-state index in [1.165, 1.54) is 0 Å². The van der Waals surface area contributed by atoms with Gasteiger partial charge in [0.2, 0.25) is 0 Å². The second-order valence-electron chi connectivity index (χ2n) is 4.80. The summed E-state index contributed by atoms with van der Waals surface area (Å²) in [5.74, 6) is 0.706. The summed E-state index contributed by atoms with van der Waals surface area (Å²) in [6, 6.07) is 3.60. The third-order valence-electron chi connectivity index (χ3n) is 2.39. The van der Waals surface area contributed by atoms with Crippen LogP contribution < -0.4 is 5.32 Å². The first-order valence-electron chi connectivity index (χ1n) is 5.79. The largest absolute Gasteiger partial charge is 0.452 e. The van der Waals surface area contributed by atoms with Gasteiger partial charge in [-0.2, -0.15) is 0 Å². The van der Waals surface area contributed by atoms with E-state index in [0.29, 0.717) is 23.6 Å². The normalized spacial score (nSPS) is 13.8. The van der Waals surface area contributed by atoms with Crippen molar-refractivity contribution in [2.24, 2.45) is 0 Å². The highest BCUT2D eigenvalue weighted by molar-refractivity contribution is 9.10. The predicted octanol–water partition coefficient (Wildman–Crippen LogP) is 1.28. The maximum Gasteiger partial charge on any atom is 0.169 e. The molecule has 0 saturated heterocycles. The standard InChI is InChI=1S/C12H20BrNO4/c1-12(2,8-15)14-5-9(16)6-17-7-10-3-4-11(13)18-10/h3-4,9,14-16H,5-8H2,1-2H3. The molecular weight excluding hydrogens is 302 g/mol. The molecule has 0 radical (unpaired) electrons. The Morgan fingerprint density at radius 3 is 2.78 bits per heavy atom. The van der Waals surface area contributed by atoms with Gasteiger partial charge in [-0.05, 0) is 41.9 Å². The fourth-order valence-electron chi connectivity index (χ4n) is 1.23. The van der Waals surface area contributed by atoms with Crippen molar-refractivity contribution in [3.8, 4) is 0 Å². The molecule has 5 nitrogen and oxygen atoms in total. The van der Waals surface area contributed by atoms with E-state index < -0.39 is 11.6 Å². The first kappa shape index (κ1) is 15.7. The molecule has 0 spiro atoms. The molecule has 18 heavy (non-hydrogen) atoms. The SMILES string of the molecule is CC(C)(CO)NCC(O)COCc1ccc(Br)o1. The van der Waals surface area contributed by atoms with Crippen molar-refractivity contribution in [3.63, 3.8) is 0 Å². The summed E-state index contributed by atoms with van der Waals surface area (Å²) >= 11 is 3.20. The Balaban J connectivity index is 2.15. The van der Waals surface area contributed by atoms with E-state index in [-0.39, 0.29) is 13.2 Å². The second-order valence-corrected chi connectivity index (χ2v) is 5.58. The Morgan fingerprint density at radius 1 is 1.50 bits per heavy atom. The smallest absolute Gasteiger partial charge is 0.169 e. The molecule has 0 aliphatic rings. The molecule has 104 valence electrons. The Morgan fingerprint density at radius 2 is 2.22 bits per heavy atom. The van der Waals surface area contributed by atoms with Crippen LogP contribution in [0.4, 0.5) is 0 Å². The fraction of sp³-hybridized carbons (Fsp3) is 0.667. The molecule has 1 aromatic heterocycles. The average Bonchev–Trinajstić information content (AvgIpc) is 2.73. The van der Waals surface area contributed by atoms with E-state index >= 15 is 0 Å². The molecule has 0 fully saturated rings. The molecule has 1 heterocycles. The Kier molecular flexibility index (Phi) is 6.31. The highest BCUT2D eigenvalue weighted by Gasteiger charge is 2.17. The molecule has 6 heteroatoms. The summed E-state index contributed by atoms with van der Waals surface area (Å²) in [6.07, 6.45) is -0.616. The van der Waals surface area contributed by atoms with Crippen LogP contribution in [-0.4, -0.2) is 41.6 Å². The van der Waals surface area contributed by atoms with Crippen molar-refractivity contribution in [3.05, 3.63) is 22.6 Å². The lowest BCUT2D eigenvalue weighted by molar-refractivity contribution is 0.0177. The quantitative estimate of drug-likeness (QED) is 0.672. The van der Waals surface area contributed by atoms with Gasteiger partial charge in [0.15, 0.2) is 4.67 Å². The third-order valence-corrected chi connectivity index (χ3v) is 2.82. The van der Waals surface area contributed by atoms with Crippen LogP contribution in [0.2, 0.25) is 0 Å². The van der Waals surface area contributed by atoms with Crippen LogP contribution in [0.25, 0.3) is 0 Å². The molecule has 1 unspecified atom stereocenters. The minimum atomic E-state index is -0.616. The van der Waals surface area contributed by atoms with Gasteiger partial charge in [0.05, 0.1) is 19.3 Å². The van der Waals surface area contributed by atoms with Crippen LogP contribution in [0.1, 0.15) is 19.6 Å². The first-order chi connectivity index (χ1) is 8.43. The number of rotatable bonds is 8. The van der Waals surface area contributed by atoms with E-state index in [1.54, 1.807) is 6.07 Å². The summed E-state index contributed by atoms with van der Waals surface area (Å²) in [5, 5.41) is 21.8. The number of nitrogens with one attached hydrogen (secondary N) is 1. The zero-order valence-corrected chi connectivity index (χ0v) is 12.2. The molecule has 3 N–H and O–H groups in total. The number of aliphatic hydroxyl groups excluding tert-OH is 2. The zero-order valence-electron chi connectivity index (χ0n) is 10.6. The van der Waals surface area contributed by atoms with Crippen molar-refractivity contribution < 1.29 is 19.4 Å². The summed E-state index contributed by atoms with van der Waals surface area (Å²) < 4.78 is 11.2. The van der Waals surface area contributed by atoms with Gasteiger partial charge in [-0.3, -0.25) is 0 Å². The maximum atomic E-state index is 9.68. The van der Waals surface area contributed by atoms with Gasteiger partial charge in [0, 0.05) is 12.1 Å². The monoisotopic (exact) mass is 321 g/mol. The average molecular weight is 322 g/mol. The summed E-state index contributed by atoms with van der Waals surface area (Å²) in [4.78, 5) is 0. The Bertz CT molecular complexity index is 354. The number of hydrogen-bond acceptors (Lipinski definition) is 5. The number of hydrogen-bond donors (Lipinski definition) is 3. The Labute approximate surface area is 115 Å². The molecular formula is C12H20BrNO4. The molecule has 0 aromatic carbocycles.